The number of aliphatic hydroxyl groups is 4. The molecular formula is C25H32O9S. The Morgan fingerprint density at radius 3 is 2.49 bits per heavy atom. The lowest BCUT2D eigenvalue weighted by Gasteiger charge is -2.42. The minimum atomic E-state index is -1.59. The number of carbonyl (C=O) groups is 2. The number of rotatable bonds is 9. The minimum absolute atomic E-state index is 0.0359. The Bertz CT molecular complexity index is 930. The number of aliphatic hydroxyl groups excluding tert-OH is 4. The van der Waals surface area contributed by atoms with Crippen LogP contribution >= 0.6 is 11.8 Å². The number of aryl methyl sites for hydroxylation is 1. The van der Waals surface area contributed by atoms with Gasteiger partial charge in [-0.15, -0.1) is 0 Å². The van der Waals surface area contributed by atoms with Crippen molar-refractivity contribution in [3.8, 4) is 0 Å². The molecule has 0 saturated carbocycles. The molecule has 0 amide bonds. The quantitative estimate of drug-likeness (QED) is 0.306. The Labute approximate surface area is 208 Å². The second kappa shape index (κ2) is 12.8. The van der Waals surface area contributed by atoms with Crippen molar-refractivity contribution in [3.05, 3.63) is 59.2 Å². The molecule has 0 aromatic heterocycles. The Morgan fingerprint density at radius 2 is 1.86 bits per heavy atom. The zero-order chi connectivity index (χ0) is 25.5. The standard InChI is InChI=1S/C25H32O9S/c1-2-15-17(12-20(27)35-11-10-14-6-4-3-5-7-14)16(24(31)32)8-9-18(15)33-25-23(30)22(29)21(28)19(13-26)34-25/h2-8,17-19,21-23,25-26,28-30H,9-13H2,1H3,(H,31,32)/b15-2+/t17-,18+,19+,21+,22-,23+,25+/m0/s1. The van der Waals surface area contributed by atoms with Crippen molar-refractivity contribution in [2.45, 2.75) is 63.0 Å². The number of benzene rings is 1. The largest absolute Gasteiger partial charge is 0.478 e. The van der Waals surface area contributed by atoms with E-state index in [0.717, 1.165) is 17.3 Å². The molecule has 35 heavy (non-hydrogen) atoms. The van der Waals surface area contributed by atoms with E-state index < -0.39 is 55.3 Å². The number of hydrogen-bond acceptors (Lipinski definition) is 9. The average molecular weight is 509 g/mol. The topological polar surface area (TPSA) is 154 Å². The summed E-state index contributed by atoms with van der Waals surface area (Å²) in [7, 11) is 0. The molecule has 1 aromatic carbocycles. The first kappa shape index (κ1) is 27.5. The summed E-state index contributed by atoms with van der Waals surface area (Å²) in [4.78, 5) is 24.7. The van der Waals surface area contributed by atoms with E-state index in [2.05, 4.69) is 0 Å². The van der Waals surface area contributed by atoms with Gasteiger partial charge in [0.25, 0.3) is 0 Å². The van der Waals surface area contributed by atoms with E-state index >= 15 is 0 Å². The maximum absolute atomic E-state index is 12.8. The van der Waals surface area contributed by atoms with Gasteiger partial charge in [0.05, 0.1) is 12.7 Å². The van der Waals surface area contributed by atoms with Crippen LogP contribution in [0.15, 0.2) is 53.6 Å². The third-order valence-corrected chi connectivity index (χ3v) is 7.19. The third kappa shape index (κ3) is 6.79. The molecule has 0 bridgehead atoms. The van der Waals surface area contributed by atoms with Gasteiger partial charge in [0.1, 0.15) is 24.4 Å². The van der Waals surface area contributed by atoms with Crippen molar-refractivity contribution in [3.63, 3.8) is 0 Å². The van der Waals surface area contributed by atoms with Crippen LogP contribution < -0.4 is 0 Å². The first-order valence-electron chi connectivity index (χ1n) is 11.5. The van der Waals surface area contributed by atoms with Crippen molar-refractivity contribution in [1.29, 1.82) is 0 Å². The first-order chi connectivity index (χ1) is 16.8. The number of aliphatic carboxylic acids is 1. The van der Waals surface area contributed by atoms with Crippen molar-refractivity contribution >= 4 is 22.8 Å². The molecule has 1 fully saturated rings. The molecular weight excluding hydrogens is 476 g/mol. The van der Waals surface area contributed by atoms with Gasteiger partial charge in [-0.25, -0.2) is 4.79 Å². The SMILES string of the molecule is C/C=C1\[C@H](CC(=O)SCCc2ccccc2)C(C(=O)O)=CC[C@H]1O[C@@H]1O[C@H](CO)[C@@H](O)[C@H](O)[C@H]1O. The Hall–Kier alpha value is -2.05. The second-order valence-electron chi connectivity index (χ2n) is 8.52. The number of carboxylic acid groups (broad SMARTS) is 1. The van der Waals surface area contributed by atoms with Gasteiger partial charge in [0.2, 0.25) is 0 Å². The van der Waals surface area contributed by atoms with Crippen LogP contribution in [0.1, 0.15) is 25.3 Å². The van der Waals surface area contributed by atoms with E-state index in [1.54, 1.807) is 13.0 Å². The molecule has 1 aliphatic heterocycles. The van der Waals surface area contributed by atoms with Crippen molar-refractivity contribution in [2.24, 2.45) is 5.92 Å². The molecule has 7 atom stereocenters. The molecule has 1 aromatic rings. The summed E-state index contributed by atoms with van der Waals surface area (Å²) in [5, 5.41) is 49.4. The van der Waals surface area contributed by atoms with Crippen LogP contribution in [0.3, 0.4) is 0 Å². The Balaban J connectivity index is 1.69. The van der Waals surface area contributed by atoms with E-state index in [-0.39, 0.29) is 23.5 Å². The lowest BCUT2D eigenvalue weighted by molar-refractivity contribution is -0.308. The van der Waals surface area contributed by atoms with Gasteiger partial charge in [0, 0.05) is 23.7 Å². The highest BCUT2D eigenvalue weighted by atomic mass is 32.2. The van der Waals surface area contributed by atoms with Crippen molar-refractivity contribution < 1.29 is 44.6 Å². The third-order valence-electron chi connectivity index (χ3n) is 6.30. The summed E-state index contributed by atoms with van der Waals surface area (Å²) in [6.07, 6.45) is -3.88. The lowest BCUT2D eigenvalue weighted by Crippen LogP contribution is -2.59. The van der Waals surface area contributed by atoms with Gasteiger partial charge in [-0.2, -0.15) is 0 Å². The number of ether oxygens (including phenoxy) is 2. The zero-order valence-corrected chi connectivity index (χ0v) is 20.2. The molecule has 10 heteroatoms. The first-order valence-corrected chi connectivity index (χ1v) is 12.5. The van der Waals surface area contributed by atoms with Crippen molar-refractivity contribution in [1.82, 2.24) is 0 Å². The van der Waals surface area contributed by atoms with Crippen LogP contribution in [-0.4, -0.2) is 85.8 Å². The summed E-state index contributed by atoms with van der Waals surface area (Å²) < 4.78 is 11.3. The van der Waals surface area contributed by atoms with E-state index in [0.29, 0.717) is 17.7 Å². The molecule has 0 unspecified atom stereocenters. The smallest absolute Gasteiger partial charge is 0.331 e. The van der Waals surface area contributed by atoms with Crippen molar-refractivity contribution in [2.75, 3.05) is 12.4 Å². The monoisotopic (exact) mass is 508 g/mol. The summed E-state index contributed by atoms with van der Waals surface area (Å²) in [5.74, 6) is -1.28. The fourth-order valence-corrected chi connectivity index (χ4v) is 5.25. The summed E-state index contributed by atoms with van der Waals surface area (Å²) >= 11 is 1.15. The highest BCUT2D eigenvalue weighted by Gasteiger charge is 2.46. The Kier molecular flexibility index (Phi) is 10.0. The maximum Gasteiger partial charge on any atom is 0.331 e. The minimum Gasteiger partial charge on any atom is -0.478 e. The fraction of sp³-hybridized carbons (Fsp3) is 0.520. The predicted molar refractivity (Wildman–Crippen MR) is 128 cm³/mol. The van der Waals surface area contributed by atoms with Gasteiger partial charge in [-0.05, 0) is 30.9 Å². The van der Waals surface area contributed by atoms with Gasteiger partial charge >= 0.3 is 5.97 Å². The molecule has 1 aliphatic carbocycles. The highest BCUT2D eigenvalue weighted by molar-refractivity contribution is 8.13. The maximum atomic E-state index is 12.8. The number of thioether (sulfide) groups is 1. The van der Waals surface area contributed by atoms with E-state index in [9.17, 15) is 35.1 Å². The normalized spacial score (nSPS) is 32.3. The highest BCUT2D eigenvalue weighted by Crippen LogP contribution is 2.37. The second-order valence-corrected chi connectivity index (χ2v) is 9.68. The van der Waals surface area contributed by atoms with Gasteiger partial charge in [-0.3, -0.25) is 4.79 Å². The van der Waals surface area contributed by atoms with Crippen LogP contribution in [-0.2, 0) is 25.5 Å². The van der Waals surface area contributed by atoms with E-state index in [1.165, 1.54) is 6.08 Å². The van der Waals surface area contributed by atoms with Crippen LogP contribution in [0, 0.1) is 5.92 Å². The van der Waals surface area contributed by atoms with Gasteiger partial charge in [0.15, 0.2) is 11.4 Å². The molecule has 0 spiro atoms. The molecule has 5 N–H and O–H groups in total. The number of allylic oxidation sites excluding steroid dienone is 1. The molecule has 1 heterocycles. The lowest BCUT2D eigenvalue weighted by atomic mass is 9.79. The molecule has 9 nitrogen and oxygen atoms in total. The molecule has 0 radical (unpaired) electrons. The molecule has 2 aliphatic rings. The summed E-state index contributed by atoms with van der Waals surface area (Å²) in [6.45, 7) is 1.12. The van der Waals surface area contributed by atoms with Crippen LogP contribution in [0.5, 0.6) is 0 Å². The number of hydrogen-bond donors (Lipinski definition) is 5. The van der Waals surface area contributed by atoms with Gasteiger partial charge in [-0.1, -0.05) is 54.2 Å². The fourth-order valence-electron chi connectivity index (χ4n) is 4.40. The van der Waals surface area contributed by atoms with Crippen LogP contribution in [0.2, 0.25) is 0 Å². The van der Waals surface area contributed by atoms with Crippen LogP contribution in [0.25, 0.3) is 0 Å². The van der Waals surface area contributed by atoms with E-state index in [4.69, 9.17) is 9.47 Å². The zero-order valence-electron chi connectivity index (χ0n) is 19.4. The average Bonchev–Trinajstić information content (AvgIpc) is 2.85. The molecule has 192 valence electrons. The molecule has 3 rings (SSSR count). The number of carbonyl (C=O) groups excluding carboxylic acids is 1. The van der Waals surface area contributed by atoms with Crippen LogP contribution in [0.4, 0.5) is 0 Å². The molecule has 1 saturated heterocycles. The Morgan fingerprint density at radius 1 is 1.14 bits per heavy atom. The van der Waals surface area contributed by atoms with E-state index in [1.807, 2.05) is 30.3 Å². The summed E-state index contributed by atoms with van der Waals surface area (Å²) in [5.41, 5.74) is 1.77. The predicted octanol–water partition coefficient (Wildman–Crippen LogP) is 1.04. The number of carboxylic acids is 1. The van der Waals surface area contributed by atoms with Gasteiger partial charge < -0.3 is 35.0 Å². The summed E-state index contributed by atoms with van der Waals surface area (Å²) in [6, 6.07) is 9.75.